The predicted molar refractivity (Wildman–Crippen MR) is 83.6 cm³/mol. The van der Waals surface area contributed by atoms with Gasteiger partial charge in [0.2, 0.25) is 0 Å². The molecule has 0 radical (unpaired) electrons. The summed E-state index contributed by atoms with van der Waals surface area (Å²) in [4.78, 5) is 0. The number of aromatic nitrogens is 5. The third-order valence-corrected chi connectivity index (χ3v) is 3.51. The molecular formula is C16H17N5. The normalized spacial score (nSPS) is 17.6. The second-order valence-electron chi connectivity index (χ2n) is 4.98. The first-order chi connectivity index (χ1) is 10.2. The van der Waals surface area contributed by atoms with Crippen molar-refractivity contribution in [3.05, 3.63) is 59.5 Å². The highest BCUT2D eigenvalue weighted by Gasteiger charge is 2.15. The molecule has 2 aromatic heterocycles. The monoisotopic (exact) mass is 279 g/mol. The van der Waals surface area contributed by atoms with Gasteiger partial charge < -0.3 is 0 Å². The van der Waals surface area contributed by atoms with E-state index in [0.29, 0.717) is 0 Å². The first-order valence-electron chi connectivity index (χ1n) is 6.83. The van der Waals surface area contributed by atoms with Gasteiger partial charge in [-0.15, -0.1) is 5.10 Å². The van der Waals surface area contributed by atoms with Crippen molar-refractivity contribution in [2.75, 3.05) is 0 Å². The van der Waals surface area contributed by atoms with Crippen LogP contribution in [0.2, 0.25) is 0 Å². The van der Waals surface area contributed by atoms with Crippen molar-refractivity contribution in [1.82, 2.24) is 25.2 Å². The highest BCUT2D eigenvalue weighted by Crippen LogP contribution is 2.16. The number of H-pyrrole nitrogens is 1. The summed E-state index contributed by atoms with van der Waals surface area (Å²) in [5.74, 6) is 0. The molecule has 1 atom stereocenters. The van der Waals surface area contributed by atoms with Crippen molar-refractivity contribution < 1.29 is 0 Å². The zero-order chi connectivity index (χ0) is 14.8. The minimum Gasteiger partial charge on any atom is -0.278 e. The molecule has 1 N–H and O–H groups in total. The number of hydrogen-bond acceptors (Lipinski definition) is 3. The highest BCUT2D eigenvalue weighted by molar-refractivity contribution is 5.73. The lowest BCUT2D eigenvalue weighted by Gasteiger charge is -2.12. The molecule has 21 heavy (non-hydrogen) atoms. The molecule has 0 saturated heterocycles. The first kappa shape index (κ1) is 13.3. The van der Waals surface area contributed by atoms with Crippen molar-refractivity contribution >= 4 is 17.7 Å². The van der Waals surface area contributed by atoms with E-state index >= 15 is 0 Å². The molecular weight excluding hydrogens is 262 g/mol. The van der Waals surface area contributed by atoms with Crippen LogP contribution in [0.1, 0.15) is 23.9 Å². The Bertz CT molecular complexity index is 834. The summed E-state index contributed by atoms with van der Waals surface area (Å²) in [7, 11) is 0. The minimum atomic E-state index is 0.157. The topological polar surface area (TPSA) is 59.4 Å². The van der Waals surface area contributed by atoms with Crippen LogP contribution in [0, 0.1) is 6.92 Å². The van der Waals surface area contributed by atoms with Crippen LogP contribution in [0.3, 0.4) is 0 Å². The number of nitrogens with one attached hydrogen (secondary N) is 1. The van der Waals surface area contributed by atoms with E-state index in [2.05, 4.69) is 45.8 Å². The molecule has 0 amide bonds. The largest absolute Gasteiger partial charge is 0.278 e. The van der Waals surface area contributed by atoms with Crippen molar-refractivity contribution in [1.29, 1.82) is 0 Å². The lowest BCUT2D eigenvalue weighted by atomic mass is 10.0. The summed E-state index contributed by atoms with van der Waals surface area (Å²) in [5, 5.41) is 17.8. The number of aromatic amines is 1. The standard InChI is InChI=1S/C16H17N5/c1-4-6-12(5-2)16-14-9-13(7-8-15(14)18-19-16)21-10-11(3)17-20-21/h4-6,8-10,13,18H,1-2,7H2,3H3. The van der Waals surface area contributed by atoms with Gasteiger partial charge in [-0.3, -0.25) is 5.10 Å². The molecule has 5 nitrogen and oxygen atoms in total. The van der Waals surface area contributed by atoms with E-state index in [1.165, 1.54) is 0 Å². The number of aryl methyl sites for hydroxylation is 1. The lowest BCUT2D eigenvalue weighted by molar-refractivity contribution is 0.551. The molecule has 2 aromatic rings. The number of allylic oxidation sites excluding steroid dienone is 4. The van der Waals surface area contributed by atoms with Gasteiger partial charge in [0, 0.05) is 17.0 Å². The molecule has 1 aliphatic rings. The second-order valence-corrected chi connectivity index (χ2v) is 4.98. The summed E-state index contributed by atoms with van der Waals surface area (Å²) in [6, 6.07) is 0.157. The van der Waals surface area contributed by atoms with Crippen LogP contribution in [0.15, 0.2) is 37.6 Å². The minimum absolute atomic E-state index is 0.157. The van der Waals surface area contributed by atoms with E-state index in [9.17, 15) is 0 Å². The van der Waals surface area contributed by atoms with E-state index in [1.54, 1.807) is 12.2 Å². The Hall–Kier alpha value is -2.69. The van der Waals surface area contributed by atoms with Crippen molar-refractivity contribution in [3.63, 3.8) is 0 Å². The number of hydrogen-bond donors (Lipinski definition) is 1. The van der Waals surface area contributed by atoms with E-state index in [0.717, 1.165) is 33.9 Å². The summed E-state index contributed by atoms with van der Waals surface area (Å²) in [6.07, 6.45) is 12.6. The predicted octanol–water partition coefficient (Wildman–Crippen LogP) is 1.27. The Balaban J connectivity index is 2.11. The Morgan fingerprint density at radius 3 is 3.00 bits per heavy atom. The summed E-state index contributed by atoms with van der Waals surface area (Å²) in [6.45, 7) is 9.51. The number of fused-ring (bicyclic) bond motifs is 1. The van der Waals surface area contributed by atoms with Crippen LogP contribution in [0.5, 0.6) is 0 Å². The fourth-order valence-corrected chi connectivity index (χ4v) is 2.49. The van der Waals surface area contributed by atoms with Gasteiger partial charge in [-0.2, -0.15) is 5.10 Å². The highest BCUT2D eigenvalue weighted by atomic mass is 15.4. The summed E-state index contributed by atoms with van der Waals surface area (Å²) >= 11 is 0. The van der Waals surface area contributed by atoms with Gasteiger partial charge in [-0.05, 0) is 19.4 Å². The molecule has 1 aliphatic carbocycles. The molecule has 5 heteroatoms. The van der Waals surface area contributed by atoms with Crippen LogP contribution < -0.4 is 10.6 Å². The summed E-state index contributed by atoms with van der Waals surface area (Å²) < 4.78 is 1.89. The Kier molecular flexibility index (Phi) is 3.39. The van der Waals surface area contributed by atoms with Gasteiger partial charge in [-0.1, -0.05) is 42.7 Å². The average molecular weight is 279 g/mol. The van der Waals surface area contributed by atoms with Crippen LogP contribution >= 0.6 is 0 Å². The Morgan fingerprint density at radius 1 is 1.48 bits per heavy atom. The third-order valence-electron chi connectivity index (χ3n) is 3.51. The summed E-state index contributed by atoms with van der Waals surface area (Å²) in [5.41, 5.74) is 2.75. The SMILES string of the molecule is C=CC=C(C=C)c1n[nH]c2c1=CC(n1cc(C)nn1)CC=2. The van der Waals surface area contributed by atoms with Crippen molar-refractivity contribution in [3.8, 4) is 0 Å². The Morgan fingerprint density at radius 2 is 2.33 bits per heavy atom. The molecule has 0 aliphatic heterocycles. The van der Waals surface area contributed by atoms with Gasteiger partial charge in [0.15, 0.2) is 0 Å². The molecule has 0 fully saturated rings. The molecule has 1 unspecified atom stereocenters. The van der Waals surface area contributed by atoms with Gasteiger partial charge in [0.1, 0.15) is 0 Å². The first-order valence-corrected chi connectivity index (χ1v) is 6.83. The second kappa shape index (κ2) is 5.36. The van der Waals surface area contributed by atoms with E-state index in [1.807, 2.05) is 23.9 Å². The van der Waals surface area contributed by atoms with Crippen LogP contribution in [0.4, 0.5) is 0 Å². The maximum Gasteiger partial charge on any atom is 0.0996 e. The molecule has 0 saturated carbocycles. The molecule has 3 rings (SSSR count). The van der Waals surface area contributed by atoms with E-state index < -0.39 is 0 Å². The van der Waals surface area contributed by atoms with Gasteiger partial charge >= 0.3 is 0 Å². The number of rotatable bonds is 4. The molecule has 106 valence electrons. The van der Waals surface area contributed by atoms with Crippen LogP contribution in [0.25, 0.3) is 17.7 Å². The zero-order valence-electron chi connectivity index (χ0n) is 12.0. The maximum atomic E-state index is 4.40. The average Bonchev–Trinajstić information content (AvgIpc) is 3.10. The third kappa shape index (κ3) is 2.38. The zero-order valence-corrected chi connectivity index (χ0v) is 12.0. The maximum absolute atomic E-state index is 4.40. The van der Waals surface area contributed by atoms with Gasteiger partial charge in [0.05, 0.1) is 22.8 Å². The van der Waals surface area contributed by atoms with Crippen LogP contribution in [-0.4, -0.2) is 25.2 Å². The lowest BCUT2D eigenvalue weighted by Crippen LogP contribution is -2.30. The fourth-order valence-electron chi connectivity index (χ4n) is 2.49. The van der Waals surface area contributed by atoms with Gasteiger partial charge in [-0.25, -0.2) is 4.68 Å². The molecule has 0 spiro atoms. The quantitative estimate of drug-likeness (QED) is 0.857. The smallest absolute Gasteiger partial charge is 0.0996 e. The molecule has 0 bridgehead atoms. The van der Waals surface area contributed by atoms with Crippen LogP contribution in [-0.2, 0) is 0 Å². The van der Waals surface area contributed by atoms with E-state index in [-0.39, 0.29) is 6.04 Å². The fraction of sp³-hybridized carbons (Fsp3) is 0.188. The van der Waals surface area contributed by atoms with Gasteiger partial charge in [0.25, 0.3) is 0 Å². The number of nitrogens with zero attached hydrogens (tertiary/aromatic N) is 4. The van der Waals surface area contributed by atoms with Crippen molar-refractivity contribution in [2.45, 2.75) is 19.4 Å². The molecule has 2 heterocycles. The van der Waals surface area contributed by atoms with E-state index in [4.69, 9.17) is 0 Å². The Labute approximate surface area is 122 Å². The molecule has 0 aromatic carbocycles. The van der Waals surface area contributed by atoms with Crippen molar-refractivity contribution in [2.24, 2.45) is 0 Å².